The zero-order chi connectivity index (χ0) is 17.0. The average molecular weight is 326 g/mol. The van der Waals surface area contributed by atoms with Gasteiger partial charge in [0.1, 0.15) is 0 Å². The quantitative estimate of drug-likeness (QED) is 0.859. The van der Waals surface area contributed by atoms with E-state index in [4.69, 9.17) is 0 Å². The number of carbonyl (C=O) groups is 2. The molecule has 7 heteroatoms. The number of carbonyl (C=O) groups excluding carboxylic acids is 2. The molecule has 22 heavy (non-hydrogen) atoms. The number of anilines is 1. The van der Waals surface area contributed by atoms with Crippen LogP contribution in [0.1, 0.15) is 27.2 Å². The summed E-state index contributed by atoms with van der Waals surface area (Å²) in [5.74, 6) is -0.498. The highest BCUT2D eigenvalue weighted by Crippen LogP contribution is 2.20. The van der Waals surface area contributed by atoms with Crippen molar-refractivity contribution in [2.75, 3.05) is 18.1 Å². The van der Waals surface area contributed by atoms with Crippen molar-refractivity contribution in [2.24, 2.45) is 5.41 Å². The molecule has 0 atom stereocenters. The Labute approximate surface area is 131 Å². The van der Waals surface area contributed by atoms with Gasteiger partial charge in [-0.1, -0.05) is 32.9 Å². The Morgan fingerprint density at radius 2 is 1.73 bits per heavy atom. The van der Waals surface area contributed by atoms with Crippen molar-refractivity contribution in [1.82, 2.24) is 5.32 Å². The summed E-state index contributed by atoms with van der Waals surface area (Å²) in [5.41, 5.74) is -0.267. The van der Waals surface area contributed by atoms with Crippen molar-refractivity contribution in [1.29, 1.82) is 0 Å². The summed E-state index contributed by atoms with van der Waals surface area (Å²) >= 11 is 0. The summed E-state index contributed by atoms with van der Waals surface area (Å²) in [6, 6.07) is 6.20. The first-order valence-corrected chi connectivity index (χ1v) is 8.78. The van der Waals surface area contributed by atoms with Crippen molar-refractivity contribution in [2.45, 2.75) is 32.1 Å². The van der Waals surface area contributed by atoms with Crippen molar-refractivity contribution >= 4 is 27.3 Å². The molecular formula is C15H22N2O4S. The zero-order valence-corrected chi connectivity index (χ0v) is 14.1. The third kappa shape index (κ3) is 5.48. The Hall–Kier alpha value is -1.89. The van der Waals surface area contributed by atoms with Crippen LogP contribution in [0, 0.1) is 5.41 Å². The molecule has 122 valence electrons. The van der Waals surface area contributed by atoms with Gasteiger partial charge in [0, 0.05) is 24.6 Å². The number of hydrogen-bond donors (Lipinski definition) is 2. The fraction of sp³-hybridized carbons (Fsp3) is 0.467. The average Bonchev–Trinajstić information content (AvgIpc) is 2.36. The third-order valence-electron chi connectivity index (χ3n) is 2.88. The molecule has 0 radical (unpaired) electrons. The fourth-order valence-corrected chi connectivity index (χ4v) is 2.50. The van der Waals surface area contributed by atoms with Gasteiger partial charge in [-0.25, -0.2) is 8.42 Å². The van der Waals surface area contributed by atoms with Crippen LogP contribution in [0.2, 0.25) is 0 Å². The summed E-state index contributed by atoms with van der Waals surface area (Å²) < 4.78 is 23.3. The lowest BCUT2D eigenvalue weighted by Gasteiger charge is -2.17. The lowest BCUT2D eigenvalue weighted by atomic mass is 9.96. The first kappa shape index (κ1) is 18.2. The Morgan fingerprint density at radius 3 is 2.27 bits per heavy atom. The number of para-hydroxylation sites is 1. The maximum absolute atomic E-state index is 11.9. The van der Waals surface area contributed by atoms with E-state index in [2.05, 4.69) is 10.6 Å². The number of hydrogen-bond acceptors (Lipinski definition) is 4. The Morgan fingerprint density at radius 1 is 1.14 bits per heavy atom. The number of sulfone groups is 1. The maximum atomic E-state index is 11.9. The van der Waals surface area contributed by atoms with Gasteiger partial charge in [-0.05, 0) is 12.1 Å². The molecule has 2 N–H and O–H groups in total. The second kappa shape index (κ2) is 6.91. The van der Waals surface area contributed by atoms with Crippen LogP contribution in [-0.4, -0.2) is 33.0 Å². The Kier molecular flexibility index (Phi) is 5.71. The lowest BCUT2D eigenvalue weighted by Crippen LogP contribution is -2.36. The minimum atomic E-state index is -3.42. The maximum Gasteiger partial charge on any atom is 0.226 e. The van der Waals surface area contributed by atoms with Gasteiger partial charge >= 0.3 is 0 Å². The standard InChI is InChI=1S/C15H22N2O4S/c1-15(2,3)14(19)16-10-9-13(18)17-11-7-5-6-8-12(11)22(4,20)21/h5-8H,9-10H2,1-4H3,(H,16,19)(H,17,18). The molecule has 0 aromatic heterocycles. The molecule has 1 rings (SSSR count). The molecule has 0 fully saturated rings. The van der Waals surface area contributed by atoms with E-state index in [-0.39, 0.29) is 35.4 Å². The van der Waals surface area contributed by atoms with Crippen LogP contribution in [0.5, 0.6) is 0 Å². The molecule has 1 aromatic carbocycles. The predicted molar refractivity (Wildman–Crippen MR) is 85.3 cm³/mol. The van der Waals surface area contributed by atoms with E-state index < -0.39 is 15.3 Å². The van der Waals surface area contributed by atoms with Crippen LogP contribution in [0.3, 0.4) is 0 Å². The first-order valence-electron chi connectivity index (χ1n) is 6.89. The lowest BCUT2D eigenvalue weighted by molar-refractivity contribution is -0.128. The largest absolute Gasteiger partial charge is 0.355 e. The second-order valence-corrected chi connectivity index (χ2v) is 8.06. The highest BCUT2D eigenvalue weighted by atomic mass is 32.2. The second-order valence-electron chi connectivity index (χ2n) is 6.07. The zero-order valence-electron chi connectivity index (χ0n) is 13.3. The monoisotopic (exact) mass is 326 g/mol. The molecule has 0 aliphatic carbocycles. The molecule has 0 bridgehead atoms. The Balaban J connectivity index is 2.63. The smallest absolute Gasteiger partial charge is 0.226 e. The van der Waals surface area contributed by atoms with Crippen molar-refractivity contribution < 1.29 is 18.0 Å². The van der Waals surface area contributed by atoms with Gasteiger partial charge in [0.2, 0.25) is 11.8 Å². The molecule has 0 unspecified atom stereocenters. The van der Waals surface area contributed by atoms with Crippen LogP contribution in [0.4, 0.5) is 5.69 Å². The van der Waals surface area contributed by atoms with Crippen LogP contribution in [0.15, 0.2) is 29.2 Å². The van der Waals surface area contributed by atoms with Gasteiger partial charge in [0.05, 0.1) is 10.6 Å². The van der Waals surface area contributed by atoms with E-state index in [1.165, 1.54) is 12.1 Å². The fourth-order valence-electron chi connectivity index (χ4n) is 1.66. The number of benzene rings is 1. The van der Waals surface area contributed by atoms with E-state index in [1.807, 2.05) is 0 Å². The molecule has 0 saturated carbocycles. The van der Waals surface area contributed by atoms with Crippen molar-refractivity contribution in [3.8, 4) is 0 Å². The minimum Gasteiger partial charge on any atom is -0.355 e. The molecule has 6 nitrogen and oxygen atoms in total. The third-order valence-corrected chi connectivity index (χ3v) is 4.03. The van der Waals surface area contributed by atoms with E-state index in [1.54, 1.807) is 32.9 Å². The van der Waals surface area contributed by atoms with Gasteiger partial charge in [-0.15, -0.1) is 0 Å². The molecule has 0 aliphatic heterocycles. The number of nitrogens with one attached hydrogen (secondary N) is 2. The van der Waals surface area contributed by atoms with Gasteiger partial charge in [-0.3, -0.25) is 9.59 Å². The molecule has 2 amide bonds. The van der Waals surface area contributed by atoms with Crippen LogP contribution in [0.25, 0.3) is 0 Å². The number of amides is 2. The van der Waals surface area contributed by atoms with Gasteiger partial charge in [0.15, 0.2) is 9.84 Å². The van der Waals surface area contributed by atoms with E-state index >= 15 is 0 Å². The molecule has 0 saturated heterocycles. The first-order chi connectivity index (χ1) is 10.0. The van der Waals surface area contributed by atoms with Crippen LogP contribution >= 0.6 is 0 Å². The van der Waals surface area contributed by atoms with E-state index in [0.29, 0.717) is 0 Å². The summed E-state index contributed by atoms with van der Waals surface area (Å²) in [6.07, 6.45) is 1.15. The number of rotatable bonds is 5. The summed E-state index contributed by atoms with van der Waals surface area (Å²) in [4.78, 5) is 23.6. The highest BCUT2D eigenvalue weighted by Gasteiger charge is 2.21. The SMILES string of the molecule is CC(C)(C)C(=O)NCCC(=O)Nc1ccccc1S(C)(=O)=O. The van der Waals surface area contributed by atoms with Gasteiger partial charge in [-0.2, -0.15) is 0 Å². The minimum absolute atomic E-state index is 0.0694. The van der Waals surface area contributed by atoms with Crippen molar-refractivity contribution in [3.63, 3.8) is 0 Å². The molecular weight excluding hydrogens is 304 g/mol. The van der Waals surface area contributed by atoms with Crippen LogP contribution < -0.4 is 10.6 Å². The van der Waals surface area contributed by atoms with Gasteiger partial charge < -0.3 is 10.6 Å². The molecule has 0 aliphatic rings. The highest BCUT2D eigenvalue weighted by molar-refractivity contribution is 7.90. The Bertz CT molecular complexity index is 660. The predicted octanol–water partition coefficient (Wildman–Crippen LogP) is 1.58. The van der Waals surface area contributed by atoms with E-state index in [0.717, 1.165) is 6.26 Å². The topological polar surface area (TPSA) is 92.3 Å². The molecule has 0 spiro atoms. The summed E-state index contributed by atoms with van der Waals surface area (Å²) in [6.45, 7) is 5.54. The molecule has 1 aromatic rings. The van der Waals surface area contributed by atoms with E-state index in [9.17, 15) is 18.0 Å². The van der Waals surface area contributed by atoms with Gasteiger partial charge in [0.25, 0.3) is 0 Å². The summed E-state index contributed by atoms with van der Waals surface area (Å²) in [5, 5.41) is 5.23. The normalized spacial score (nSPS) is 11.8. The van der Waals surface area contributed by atoms with Crippen LogP contribution in [-0.2, 0) is 19.4 Å². The molecule has 0 heterocycles. The summed E-state index contributed by atoms with van der Waals surface area (Å²) in [7, 11) is -3.42. The van der Waals surface area contributed by atoms with Crippen molar-refractivity contribution in [3.05, 3.63) is 24.3 Å².